The summed E-state index contributed by atoms with van der Waals surface area (Å²) in [6.45, 7) is 3.46. The maximum absolute atomic E-state index is 12.8. The summed E-state index contributed by atoms with van der Waals surface area (Å²) in [4.78, 5) is 20.6. The van der Waals surface area contributed by atoms with E-state index in [1.165, 1.54) is 24.1 Å². The van der Waals surface area contributed by atoms with Gasteiger partial charge in [0.05, 0.1) is 6.54 Å². The summed E-state index contributed by atoms with van der Waals surface area (Å²) in [5.41, 5.74) is 4.40. The number of anilines is 1. The lowest BCUT2D eigenvalue weighted by Gasteiger charge is -2.24. The van der Waals surface area contributed by atoms with Gasteiger partial charge in [-0.05, 0) is 37.6 Å². The number of carbonyl (C=O) groups excluding carboxylic acids is 1. The first-order valence-electron chi connectivity index (χ1n) is 9.33. The van der Waals surface area contributed by atoms with Crippen LogP contribution in [0.1, 0.15) is 28.8 Å². The molecule has 134 valence electrons. The molecule has 4 heteroatoms. The molecule has 4 rings (SSSR count). The monoisotopic (exact) mass is 347 g/mol. The van der Waals surface area contributed by atoms with Crippen LogP contribution in [0.3, 0.4) is 0 Å². The van der Waals surface area contributed by atoms with Gasteiger partial charge in [-0.3, -0.25) is 9.69 Å². The molecule has 2 aromatic carbocycles. The first-order chi connectivity index (χ1) is 12.7. The lowest BCUT2D eigenvalue weighted by molar-refractivity contribution is 0.0945. The van der Waals surface area contributed by atoms with E-state index in [4.69, 9.17) is 0 Å². The van der Waals surface area contributed by atoms with Crippen molar-refractivity contribution in [2.75, 3.05) is 31.6 Å². The van der Waals surface area contributed by atoms with Gasteiger partial charge in [0.1, 0.15) is 0 Å². The van der Waals surface area contributed by atoms with Gasteiger partial charge in [-0.1, -0.05) is 36.4 Å². The van der Waals surface area contributed by atoms with E-state index in [2.05, 4.69) is 39.0 Å². The number of benzene rings is 2. The molecule has 1 aliphatic rings. The van der Waals surface area contributed by atoms with Crippen molar-refractivity contribution in [1.29, 1.82) is 0 Å². The van der Waals surface area contributed by atoms with E-state index in [1.807, 2.05) is 37.5 Å². The zero-order valence-corrected chi connectivity index (χ0v) is 15.2. The van der Waals surface area contributed by atoms with E-state index in [0.717, 1.165) is 36.1 Å². The van der Waals surface area contributed by atoms with E-state index in [1.54, 1.807) is 0 Å². The van der Waals surface area contributed by atoms with Gasteiger partial charge in [-0.15, -0.1) is 0 Å². The molecule has 0 radical (unpaired) electrons. The van der Waals surface area contributed by atoms with Crippen LogP contribution in [0.15, 0.2) is 54.7 Å². The summed E-state index contributed by atoms with van der Waals surface area (Å²) in [5, 5.41) is 1.00. The highest BCUT2D eigenvalue weighted by Gasteiger charge is 2.18. The molecule has 0 aliphatic carbocycles. The van der Waals surface area contributed by atoms with E-state index in [0.29, 0.717) is 6.54 Å². The van der Waals surface area contributed by atoms with Crippen molar-refractivity contribution in [2.24, 2.45) is 0 Å². The second kappa shape index (κ2) is 7.34. The van der Waals surface area contributed by atoms with E-state index in [9.17, 15) is 4.79 Å². The molecule has 26 heavy (non-hydrogen) atoms. The van der Waals surface area contributed by atoms with Crippen LogP contribution in [0.5, 0.6) is 0 Å². The topological polar surface area (TPSA) is 39.3 Å². The highest BCUT2D eigenvalue weighted by Crippen LogP contribution is 2.25. The number of para-hydroxylation sites is 2. The number of nitrogens with zero attached hydrogens (tertiary/aromatic N) is 2. The van der Waals surface area contributed by atoms with Crippen molar-refractivity contribution in [1.82, 2.24) is 9.88 Å². The number of rotatable bonds is 6. The number of Topliss-reactive ketones (excluding diaryl/α,β-unsaturated/α-hetero) is 1. The van der Waals surface area contributed by atoms with Crippen LogP contribution in [0.4, 0.5) is 5.69 Å². The Labute approximate surface area is 154 Å². The molecule has 0 amide bonds. The lowest BCUT2D eigenvalue weighted by Crippen LogP contribution is -2.27. The summed E-state index contributed by atoms with van der Waals surface area (Å²) in [6.07, 6.45) is 4.37. The number of H-pyrrole nitrogens is 1. The second-order valence-electron chi connectivity index (χ2n) is 7.17. The normalized spacial score (nSPS) is 14.5. The van der Waals surface area contributed by atoms with Crippen LogP contribution in [0, 0.1) is 0 Å². The number of nitrogens with one attached hydrogen (secondary N) is 1. The Hall–Kier alpha value is -2.59. The molecule has 0 atom stereocenters. The zero-order chi connectivity index (χ0) is 17.9. The van der Waals surface area contributed by atoms with Gasteiger partial charge >= 0.3 is 0 Å². The fraction of sp³-hybridized carbons (Fsp3) is 0.318. The molecule has 0 unspecified atom stereocenters. The minimum atomic E-state index is 0.156. The number of carbonyl (C=O) groups is 1. The molecule has 0 bridgehead atoms. The minimum absolute atomic E-state index is 0.156. The molecular weight excluding hydrogens is 322 g/mol. The predicted molar refractivity (Wildman–Crippen MR) is 107 cm³/mol. The Bertz CT molecular complexity index is 908. The first kappa shape index (κ1) is 16.9. The molecule has 0 saturated carbocycles. The van der Waals surface area contributed by atoms with Gasteiger partial charge in [-0.25, -0.2) is 0 Å². The third-order valence-electron chi connectivity index (χ3n) is 5.18. The van der Waals surface area contributed by atoms with Crippen molar-refractivity contribution in [3.63, 3.8) is 0 Å². The Morgan fingerprint density at radius 3 is 2.65 bits per heavy atom. The quantitative estimate of drug-likeness (QED) is 0.683. The van der Waals surface area contributed by atoms with Crippen molar-refractivity contribution in [3.8, 4) is 0 Å². The largest absolute Gasteiger partial charge is 0.371 e. The number of aromatic amines is 1. The van der Waals surface area contributed by atoms with Gasteiger partial charge in [0.2, 0.25) is 0 Å². The van der Waals surface area contributed by atoms with E-state index >= 15 is 0 Å². The molecule has 1 saturated heterocycles. The summed E-state index contributed by atoms with van der Waals surface area (Å²) >= 11 is 0. The van der Waals surface area contributed by atoms with Gasteiger partial charge in [0.25, 0.3) is 0 Å². The minimum Gasteiger partial charge on any atom is -0.371 e. The zero-order valence-electron chi connectivity index (χ0n) is 15.2. The SMILES string of the molecule is CN(CC(=O)c1c[nH]c2ccccc12)Cc1ccccc1N1CCCC1. The fourth-order valence-corrected chi connectivity index (χ4v) is 3.89. The van der Waals surface area contributed by atoms with E-state index < -0.39 is 0 Å². The molecule has 2 heterocycles. The molecule has 1 aliphatic heterocycles. The van der Waals surface area contributed by atoms with Gasteiger partial charge in [0.15, 0.2) is 5.78 Å². The summed E-state index contributed by atoms with van der Waals surface area (Å²) < 4.78 is 0. The smallest absolute Gasteiger partial charge is 0.178 e. The first-order valence-corrected chi connectivity index (χ1v) is 9.33. The summed E-state index contributed by atoms with van der Waals surface area (Å²) in [6, 6.07) is 16.5. The van der Waals surface area contributed by atoms with E-state index in [-0.39, 0.29) is 5.78 Å². The maximum Gasteiger partial charge on any atom is 0.178 e. The van der Waals surface area contributed by atoms with Crippen molar-refractivity contribution in [3.05, 3.63) is 65.9 Å². The Balaban J connectivity index is 1.47. The number of ketones is 1. The highest BCUT2D eigenvalue weighted by molar-refractivity contribution is 6.08. The van der Waals surface area contributed by atoms with Crippen LogP contribution < -0.4 is 4.90 Å². The summed E-state index contributed by atoms with van der Waals surface area (Å²) in [7, 11) is 2.02. The van der Waals surface area contributed by atoms with Crippen molar-refractivity contribution in [2.45, 2.75) is 19.4 Å². The van der Waals surface area contributed by atoms with Gasteiger partial charge in [-0.2, -0.15) is 0 Å². The maximum atomic E-state index is 12.8. The van der Waals surface area contributed by atoms with Crippen molar-refractivity contribution < 1.29 is 4.79 Å². The van der Waals surface area contributed by atoms with Crippen LogP contribution in [0.25, 0.3) is 10.9 Å². The van der Waals surface area contributed by atoms with Gasteiger partial charge in [0, 0.05) is 48.0 Å². The van der Waals surface area contributed by atoms with Crippen molar-refractivity contribution >= 4 is 22.4 Å². The molecule has 1 aromatic heterocycles. The molecule has 1 N–H and O–H groups in total. The lowest BCUT2D eigenvalue weighted by atomic mass is 10.1. The third-order valence-corrected chi connectivity index (χ3v) is 5.18. The Morgan fingerprint density at radius 2 is 1.81 bits per heavy atom. The number of hydrogen-bond donors (Lipinski definition) is 1. The standard InChI is InChI=1S/C22H25N3O/c1-24(15-17-8-2-5-11-21(17)25-12-6-7-13-25)16-22(26)19-14-23-20-10-4-3-9-18(19)20/h2-5,8-11,14,23H,6-7,12-13,15-16H2,1H3. The highest BCUT2D eigenvalue weighted by atomic mass is 16.1. The third kappa shape index (κ3) is 3.37. The predicted octanol–water partition coefficient (Wildman–Crippen LogP) is 4.08. The number of fused-ring (bicyclic) bond motifs is 1. The van der Waals surface area contributed by atoms with Gasteiger partial charge < -0.3 is 9.88 Å². The Kier molecular flexibility index (Phi) is 4.76. The average Bonchev–Trinajstić information content (AvgIpc) is 3.32. The molecule has 0 spiro atoms. The molecule has 1 fully saturated rings. The summed E-state index contributed by atoms with van der Waals surface area (Å²) in [5.74, 6) is 0.156. The number of likely N-dealkylation sites (N-methyl/N-ethyl adjacent to an activating group) is 1. The van der Waals surface area contributed by atoms with Crippen LogP contribution >= 0.6 is 0 Å². The fourth-order valence-electron chi connectivity index (χ4n) is 3.89. The number of hydrogen-bond acceptors (Lipinski definition) is 3. The molecule has 4 nitrogen and oxygen atoms in total. The van der Waals surface area contributed by atoms with Crippen LogP contribution in [-0.2, 0) is 6.54 Å². The van der Waals surface area contributed by atoms with Crippen LogP contribution in [-0.4, -0.2) is 42.3 Å². The Morgan fingerprint density at radius 1 is 1.08 bits per heavy atom. The van der Waals surface area contributed by atoms with Crippen LogP contribution in [0.2, 0.25) is 0 Å². The average molecular weight is 347 g/mol. The number of aromatic nitrogens is 1. The molecule has 3 aromatic rings. The molecular formula is C22H25N3O. The second-order valence-corrected chi connectivity index (χ2v) is 7.17.